The molecular weight excluding hydrogens is 390 g/mol. The van der Waals surface area contributed by atoms with Crippen LogP contribution in [0, 0.1) is 6.92 Å². The Kier molecular flexibility index (Phi) is 4.03. The van der Waals surface area contributed by atoms with E-state index in [4.69, 9.17) is 21.7 Å². The topological polar surface area (TPSA) is 48.5 Å². The van der Waals surface area contributed by atoms with Crippen LogP contribution in [0.4, 0.5) is 0 Å². The van der Waals surface area contributed by atoms with Gasteiger partial charge in [0.15, 0.2) is 5.82 Å². The first kappa shape index (κ1) is 17.2. The maximum Gasteiger partial charge on any atom is 0.202 e. The van der Waals surface area contributed by atoms with Gasteiger partial charge in [0.05, 0.1) is 15.6 Å². The first-order valence-corrected chi connectivity index (χ1v) is 10.1. The van der Waals surface area contributed by atoms with Crippen molar-refractivity contribution in [1.29, 1.82) is 0 Å². The lowest BCUT2D eigenvalue weighted by Crippen LogP contribution is -1.99. The lowest BCUT2D eigenvalue weighted by atomic mass is 10.1. The molecule has 28 heavy (non-hydrogen) atoms. The molecule has 5 rings (SSSR count). The molecule has 0 aliphatic rings. The van der Waals surface area contributed by atoms with Crippen LogP contribution in [0.2, 0.25) is 5.02 Å². The van der Waals surface area contributed by atoms with Crippen LogP contribution < -0.4 is 0 Å². The molecule has 7 heteroatoms. The lowest BCUT2D eigenvalue weighted by Gasteiger charge is -2.07. The van der Waals surface area contributed by atoms with Crippen molar-refractivity contribution >= 4 is 33.7 Å². The maximum atomic E-state index is 6.57. The summed E-state index contributed by atoms with van der Waals surface area (Å²) in [6.45, 7) is 2.00. The molecule has 0 fully saturated rings. The summed E-state index contributed by atoms with van der Waals surface area (Å²) in [5, 5.41) is 14.3. The van der Waals surface area contributed by atoms with Crippen molar-refractivity contribution in [2.75, 3.05) is 0 Å². The molecule has 0 radical (unpaired) electrons. The Morgan fingerprint density at radius 3 is 2.54 bits per heavy atom. The summed E-state index contributed by atoms with van der Waals surface area (Å²) < 4.78 is 3.60. The van der Waals surface area contributed by atoms with Gasteiger partial charge >= 0.3 is 0 Å². The zero-order valence-electron chi connectivity index (χ0n) is 15.3. The van der Waals surface area contributed by atoms with Gasteiger partial charge in [-0.3, -0.25) is 4.68 Å². The molecule has 0 unspecified atom stereocenters. The van der Waals surface area contributed by atoms with E-state index in [1.807, 2.05) is 48.4 Å². The van der Waals surface area contributed by atoms with Crippen LogP contribution in [0.3, 0.4) is 0 Å². The monoisotopic (exact) mass is 405 g/mol. The fourth-order valence-corrected chi connectivity index (χ4v) is 4.42. The van der Waals surface area contributed by atoms with Gasteiger partial charge in [-0.25, -0.2) is 9.67 Å². The average Bonchev–Trinajstić information content (AvgIpc) is 3.41. The molecule has 0 bridgehead atoms. The van der Waals surface area contributed by atoms with E-state index in [-0.39, 0.29) is 0 Å². The summed E-state index contributed by atoms with van der Waals surface area (Å²) in [5.74, 6) is 1.30. The minimum absolute atomic E-state index is 0.575. The molecule has 5 nitrogen and oxygen atoms in total. The first-order valence-electron chi connectivity index (χ1n) is 8.80. The average molecular weight is 406 g/mol. The number of benzene rings is 2. The van der Waals surface area contributed by atoms with Crippen LogP contribution in [0.15, 0.2) is 60.1 Å². The number of aryl methyl sites for hydroxylation is 2. The van der Waals surface area contributed by atoms with Crippen molar-refractivity contribution in [1.82, 2.24) is 24.5 Å². The normalized spacial score (nSPS) is 11.4. The first-order chi connectivity index (χ1) is 13.6. The molecule has 2 aromatic carbocycles. The van der Waals surface area contributed by atoms with Crippen LogP contribution in [-0.4, -0.2) is 24.5 Å². The summed E-state index contributed by atoms with van der Waals surface area (Å²) in [5.41, 5.74) is 2.70. The second-order valence-corrected chi connectivity index (χ2v) is 7.90. The second kappa shape index (κ2) is 6.58. The molecule has 3 aromatic heterocycles. The summed E-state index contributed by atoms with van der Waals surface area (Å²) in [6, 6.07) is 16.4. The molecular formula is C21H16ClN5S. The zero-order valence-corrected chi connectivity index (χ0v) is 16.9. The zero-order chi connectivity index (χ0) is 19.3. The van der Waals surface area contributed by atoms with E-state index < -0.39 is 0 Å². The summed E-state index contributed by atoms with van der Waals surface area (Å²) in [4.78, 5) is 5.70. The SMILES string of the molecule is Cc1csc(-c2nc(-c3ccn(C)n3)nn2-c2ccc3ccccc3c2)c1Cl. The fraction of sp³-hybridized carbons (Fsp3) is 0.0952. The van der Waals surface area contributed by atoms with Crippen molar-refractivity contribution < 1.29 is 0 Å². The molecule has 0 aliphatic heterocycles. The van der Waals surface area contributed by atoms with E-state index in [1.54, 1.807) is 16.0 Å². The van der Waals surface area contributed by atoms with Crippen molar-refractivity contribution in [2.24, 2.45) is 7.05 Å². The third kappa shape index (κ3) is 2.82. The molecule has 0 spiro atoms. The molecule has 5 aromatic rings. The van der Waals surface area contributed by atoms with Crippen molar-refractivity contribution in [2.45, 2.75) is 6.92 Å². The number of halogens is 1. The number of rotatable bonds is 3. The van der Waals surface area contributed by atoms with E-state index >= 15 is 0 Å². The third-order valence-electron chi connectivity index (χ3n) is 4.63. The van der Waals surface area contributed by atoms with E-state index in [2.05, 4.69) is 35.4 Å². The van der Waals surface area contributed by atoms with Gasteiger partial charge in [-0.2, -0.15) is 5.10 Å². The molecule has 0 amide bonds. The number of hydrogen-bond donors (Lipinski definition) is 0. The van der Waals surface area contributed by atoms with Crippen molar-refractivity contribution in [3.05, 3.63) is 70.7 Å². The molecule has 3 heterocycles. The van der Waals surface area contributed by atoms with Gasteiger partial charge < -0.3 is 0 Å². The number of hydrogen-bond acceptors (Lipinski definition) is 4. The van der Waals surface area contributed by atoms with Crippen LogP contribution >= 0.6 is 22.9 Å². The van der Waals surface area contributed by atoms with Crippen molar-refractivity contribution in [3.8, 4) is 27.9 Å². The van der Waals surface area contributed by atoms with Crippen molar-refractivity contribution in [3.63, 3.8) is 0 Å². The van der Waals surface area contributed by atoms with Gasteiger partial charge in [-0.15, -0.1) is 16.4 Å². The summed E-state index contributed by atoms with van der Waals surface area (Å²) >= 11 is 8.14. The predicted octanol–water partition coefficient (Wildman–Crippen LogP) is 5.51. The molecule has 0 aliphatic carbocycles. The van der Waals surface area contributed by atoms with E-state index in [9.17, 15) is 0 Å². The molecule has 0 atom stereocenters. The Morgan fingerprint density at radius 1 is 1.00 bits per heavy atom. The predicted molar refractivity (Wildman–Crippen MR) is 114 cm³/mol. The molecule has 0 N–H and O–H groups in total. The number of nitrogens with zero attached hydrogens (tertiary/aromatic N) is 5. The standard InChI is InChI=1S/C21H16ClN5S/c1-13-12-28-19(18(13)22)21-23-20(17-9-10-26(2)24-17)25-27(21)16-8-7-14-5-3-4-6-15(14)11-16/h3-12H,1-2H3. The van der Waals surface area contributed by atoms with Crippen LogP contribution in [-0.2, 0) is 7.05 Å². The highest BCUT2D eigenvalue weighted by molar-refractivity contribution is 7.14. The Bertz CT molecular complexity index is 1310. The number of fused-ring (bicyclic) bond motifs is 1. The van der Waals surface area contributed by atoms with Crippen LogP contribution in [0.1, 0.15) is 5.56 Å². The maximum absolute atomic E-state index is 6.57. The lowest BCUT2D eigenvalue weighted by molar-refractivity contribution is 0.768. The smallest absolute Gasteiger partial charge is 0.202 e. The third-order valence-corrected chi connectivity index (χ3v) is 6.32. The van der Waals surface area contributed by atoms with Crippen LogP contribution in [0.5, 0.6) is 0 Å². The van der Waals surface area contributed by atoms with Gasteiger partial charge in [0.1, 0.15) is 5.69 Å². The quantitative estimate of drug-likeness (QED) is 0.397. The minimum Gasteiger partial charge on any atom is -0.275 e. The second-order valence-electron chi connectivity index (χ2n) is 6.64. The van der Waals surface area contributed by atoms with Crippen LogP contribution in [0.25, 0.3) is 38.7 Å². The Hall–Kier alpha value is -2.96. The highest BCUT2D eigenvalue weighted by Crippen LogP contribution is 2.37. The van der Waals surface area contributed by atoms with E-state index in [0.29, 0.717) is 10.8 Å². The van der Waals surface area contributed by atoms with E-state index in [1.165, 1.54) is 5.39 Å². The largest absolute Gasteiger partial charge is 0.275 e. The fourth-order valence-electron chi connectivity index (χ4n) is 3.17. The highest BCUT2D eigenvalue weighted by atomic mass is 35.5. The molecule has 0 saturated carbocycles. The summed E-state index contributed by atoms with van der Waals surface area (Å²) in [6.07, 6.45) is 1.88. The molecule has 0 saturated heterocycles. The minimum atomic E-state index is 0.575. The van der Waals surface area contributed by atoms with Gasteiger partial charge in [-0.1, -0.05) is 41.9 Å². The number of aromatic nitrogens is 5. The summed E-state index contributed by atoms with van der Waals surface area (Å²) in [7, 11) is 1.88. The van der Waals surface area contributed by atoms with Gasteiger partial charge in [0.25, 0.3) is 0 Å². The number of thiophene rings is 1. The van der Waals surface area contributed by atoms with Gasteiger partial charge in [-0.05, 0) is 46.8 Å². The Balaban J connectivity index is 1.74. The Labute approximate surface area is 170 Å². The molecule has 138 valence electrons. The van der Waals surface area contributed by atoms with Gasteiger partial charge in [0, 0.05) is 13.2 Å². The van der Waals surface area contributed by atoms with E-state index in [0.717, 1.165) is 33.0 Å². The van der Waals surface area contributed by atoms with Gasteiger partial charge in [0.2, 0.25) is 5.82 Å². The highest BCUT2D eigenvalue weighted by Gasteiger charge is 2.20. The Morgan fingerprint density at radius 2 is 1.82 bits per heavy atom.